The van der Waals surface area contributed by atoms with Crippen LogP contribution < -0.4 is 10.6 Å². The minimum Gasteiger partial charge on any atom is -0.323 e. The Morgan fingerprint density at radius 3 is 2.16 bits per heavy atom. The maximum atomic E-state index is 12.2. The van der Waals surface area contributed by atoms with Crippen LogP contribution in [0.1, 0.15) is 24.2 Å². The molecule has 0 saturated carbocycles. The van der Waals surface area contributed by atoms with Gasteiger partial charge < -0.3 is 10.6 Å². The molecule has 2 amide bonds. The third kappa shape index (κ3) is 5.39. The van der Waals surface area contributed by atoms with E-state index in [1.165, 1.54) is 13.0 Å². The molecule has 0 heterocycles. The molecule has 0 aromatic heterocycles. The molecule has 6 heteroatoms. The minimum atomic E-state index is -0.421. The molecule has 0 spiro atoms. The highest BCUT2D eigenvalue weighted by molar-refractivity contribution is 9.10. The van der Waals surface area contributed by atoms with Gasteiger partial charge in [0.25, 0.3) is 5.91 Å². The summed E-state index contributed by atoms with van der Waals surface area (Å²) in [5.74, 6) is -0.832. The molecule has 2 aromatic rings. The van der Waals surface area contributed by atoms with E-state index in [1.807, 2.05) is 12.1 Å². The van der Waals surface area contributed by atoms with Crippen LogP contribution in [-0.4, -0.2) is 17.6 Å². The Balaban J connectivity index is 2.00. The fraction of sp³-hybridized carbons (Fsp3) is 0.105. The van der Waals surface area contributed by atoms with Gasteiger partial charge in [0.05, 0.1) is 5.69 Å². The van der Waals surface area contributed by atoms with E-state index < -0.39 is 5.91 Å². The molecule has 0 atom stereocenters. The van der Waals surface area contributed by atoms with Crippen molar-refractivity contribution in [3.05, 3.63) is 70.2 Å². The Bertz CT molecular complexity index is 842. The number of amides is 2. The van der Waals surface area contributed by atoms with E-state index in [9.17, 15) is 14.4 Å². The first-order valence-electron chi connectivity index (χ1n) is 7.53. The van der Waals surface area contributed by atoms with Gasteiger partial charge in [-0.2, -0.15) is 0 Å². The van der Waals surface area contributed by atoms with Crippen molar-refractivity contribution in [2.24, 2.45) is 0 Å². The van der Waals surface area contributed by atoms with Crippen molar-refractivity contribution < 1.29 is 14.4 Å². The van der Waals surface area contributed by atoms with E-state index in [4.69, 9.17) is 0 Å². The quantitative estimate of drug-likeness (QED) is 0.583. The lowest BCUT2D eigenvalue weighted by Crippen LogP contribution is -2.16. The molecular weight excluding hydrogens is 384 g/mol. The van der Waals surface area contributed by atoms with E-state index in [0.717, 1.165) is 4.47 Å². The minimum absolute atomic E-state index is 0.0441. The Hall–Kier alpha value is -2.73. The molecule has 0 radical (unpaired) electrons. The largest absolute Gasteiger partial charge is 0.323 e. The van der Waals surface area contributed by atoms with Gasteiger partial charge >= 0.3 is 0 Å². The summed E-state index contributed by atoms with van der Waals surface area (Å²) in [7, 11) is 0. The molecular formula is C19H17BrN2O3. The van der Waals surface area contributed by atoms with Crippen LogP contribution in [0.3, 0.4) is 0 Å². The second kappa shape index (κ2) is 8.39. The number of carbonyl (C=O) groups excluding carboxylic acids is 3. The molecule has 25 heavy (non-hydrogen) atoms. The first kappa shape index (κ1) is 18.6. The van der Waals surface area contributed by atoms with Crippen LogP contribution in [0.4, 0.5) is 11.4 Å². The number of benzene rings is 2. The highest BCUT2D eigenvalue weighted by Crippen LogP contribution is 2.21. The summed E-state index contributed by atoms with van der Waals surface area (Å²) < 4.78 is 0.756. The van der Waals surface area contributed by atoms with Crippen molar-refractivity contribution in [1.29, 1.82) is 0 Å². The molecule has 5 nitrogen and oxygen atoms in total. The van der Waals surface area contributed by atoms with Crippen LogP contribution >= 0.6 is 15.9 Å². The summed E-state index contributed by atoms with van der Waals surface area (Å²) in [5, 5.41) is 5.38. The smallest absolute Gasteiger partial charge is 0.251 e. The number of hydrogen-bond acceptors (Lipinski definition) is 3. The van der Waals surface area contributed by atoms with Crippen LogP contribution in [0.5, 0.6) is 0 Å². The predicted octanol–water partition coefficient (Wildman–Crippen LogP) is 4.18. The molecule has 2 rings (SSSR count). The summed E-state index contributed by atoms with van der Waals surface area (Å²) in [6.07, 6.45) is 1.23. The molecule has 0 saturated heterocycles. The highest BCUT2D eigenvalue weighted by Gasteiger charge is 2.09. The van der Waals surface area contributed by atoms with Gasteiger partial charge in [-0.1, -0.05) is 12.1 Å². The number of carbonyl (C=O) groups is 3. The SMILES string of the molecule is CC(=O)c1ccc(NC(=O)/C=C(/C)C(=O)Nc2ccccc2Br)cc1. The number of ketones is 1. The van der Waals surface area contributed by atoms with Crippen LogP contribution in [0.15, 0.2) is 64.7 Å². The van der Waals surface area contributed by atoms with E-state index in [0.29, 0.717) is 16.9 Å². The Morgan fingerprint density at radius 2 is 1.56 bits per heavy atom. The zero-order chi connectivity index (χ0) is 18.4. The maximum absolute atomic E-state index is 12.2. The molecule has 0 fully saturated rings. The van der Waals surface area contributed by atoms with Gasteiger partial charge in [0.2, 0.25) is 5.91 Å². The molecule has 0 bridgehead atoms. The average molecular weight is 401 g/mol. The summed E-state index contributed by atoms with van der Waals surface area (Å²) in [6.45, 7) is 3.04. The number of anilines is 2. The second-order valence-corrected chi connectivity index (χ2v) is 6.24. The Kier molecular flexibility index (Phi) is 6.25. The van der Waals surface area contributed by atoms with Crippen molar-refractivity contribution in [2.45, 2.75) is 13.8 Å². The Morgan fingerprint density at radius 1 is 0.920 bits per heavy atom. The molecule has 0 aliphatic heterocycles. The van der Waals surface area contributed by atoms with Gasteiger partial charge in [-0.3, -0.25) is 14.4 Å². The zero-order valence-electron chi connectivity index (χ0n) is 13.8. The van der Waals surface area contributed by atoms with Crippen molar-refractivity contribution >= 4 is 44.9 Å². The highest BCUT2D eigenvalue weighted by atomic mass is 79.9. The number of hydrogen-bond donors (Lipinski definition) is 2. The second-order valence-electron chi connectivity index (χ2n) is 5.38. The van der Waals surface area contributed by atoms with Gasteiger partial charge in [0.1, 0.15) is 0 Å². The van der Waals surface area contributed by atoms with Gasteiger partial charge in [0, 0.05) is 27.4 Å². The van der Waals surface area contributed by atoms with Gasteiger partial charge in [-0.25, -0.2) is 0 Å². The van der Waals surface area contributed by atoms with E-state index in [1.54, 1.807) is 43.3 Å². The summed E-state index contributed by atoms with van der Waals surface area (Å²) >= 11 is 3.35. The van der Waals surface area contributed by atoms with E-state index in [-0.39, 0.29) is 17.3 Å². The lowest BCUT2D eigenvalue weighted by atomic mass is 10.1. The fourth-order valence-electron chi connectivity index (χ4n) is 2.01. The predicted molar refractivity (Wildman–Crippen MR) is 102 cm³/mol. The average Bonchev–Trinajstić information content (AvgIpc) is 2.57. The van der Waals surface area contributed by atoms with Crippen molar-refractivity contribution in [1.82, 2.24) is 0 Å². The van der Waals surface area contributed by atoms with Gasteiger partial charge in [-0.05, 0) is 66.2 Å². The topological polar surface area (TPSA) is 75.3 Å². The third-order valence-electron chi connectivity index (χ3n) is 3.39. The number of para-hydroxylation sites is 1. The van der Waals surface area contributed by atoms with Crippen LogP contribution in [0, 0.1) is 0 Å². The van der Waals surface area contributed by atoms with Crippen molar-refractivity contribution in [3.63, 3.8) is 0 Å². The van der Waals surface area contributed by atoms with Gasteiger partial charge in [-0.15, -0.1) is 0 Å². The van der Waals surface area contributed by atoms with Crippen molar-refractivity contribution in [2.75, 3.05) is 10.6 Å². The van der Waals surface area contributed by atoms with E-state index >= 15 is 0 Å². The number of nitrogens with one attached hydrogen (secondary N) is 2. The van der Waals surface area contributed by atoms with Crippen LogP contribution in [0.25, 0.3) is 0 Å². The third-order valence-corrected chi connectivity index (χ3v) is 4.08. The molecule has 0 unspecified atom stereocenters. The fourth-order valence-corrected chi connectivity index (χ4v) is 2.40. The van der Waals surface area contributed by atoms with Crippen LogP contribution in [0.2, 0.25) is 0 Å². The van der Waals surface area contributed by atoms with E-state index in [2.05, 4.69) is 26.6 Å². The number of halogens is 1. The first-order valence-corrected chi connectivity index (χ1v) is 8.32. The van der Waals surface area contributed by atoms with Crippen LogP contribution in [-0.2, 0) is 9.59 Å². The zero-order valence-corrected chi connectivity index (χ0v) is 15.4. The summed E-state index contributed by atoms with van der Waals surface area (Å²) in [4.78, 5) is 35.4. The van der Waals surface area contributed by atoms with Gasteiger partial charge in [0.15, 0.2) is 5.78 Å². The monoisotopic (exact) mass is 400 g/mol. The number of Topliss-reactive ketones (excluding diaryl/α,β-unsaturated/α-hetero) is 1. The standard InChI is InChI=1S/C19H17BrN2O3/c1-12(19(25)22-17-6-4-3-5-16(17)20)11-18(24)21-15-9-7-14(8-10-15)13(2)23/h3-11H,1-2H3,(H,21,24)(H,22,25)/b12-11-. The number of rotatable bonds is 5. The Labute approximate surface area is 154 Å². The normalized spacial score (nSPS) is 10.9. The lowest BCUT2D eigenvalue weighted by molar-refractivity contribution is -0.114. The molecule has 128 valence electrons. The lowest BCUT2D eigenvalue weighted by Gasteiger charge is -2.08. The maximum Gasteiger partial charge on any atom is 0.251 e. The molecule has 2 aromatic carbocycles. The summed E-state index contributed by atoms with van der Waals surface area (Å²) in [6, 6.07) is 13.8. The summed E-state index contributed by atoms with van der Waals surface area (Å²) in [5.41, 5.74) is 2.01. The molecule has 2 N–H and O–H groups in total. The first-order chi connectivity index (χ1) is 11.9. The van der Waals surface area contributed by atoms with Crippen molar-refractivity contribution in [3.8, 4) is 0 Å². The molecule has 0 aliphatic carbocycles. The molecule has 0 aliphatic rings.